The Morgan fingerprint density at radius 3 is 2.70 bits per heavy atom. The summed E-state index contributed by atoms with van der Waals surface area (Å²) in [6.45, 7) is 17.2. The van der Waals surface area contributed by atoms with E-state index in [9.17, 15) is 0 Å². The fraction of sp³-hybridized carbons (Fsp3) is 0.674. The molecule has 7 nitrogen and oxygen atoms in total. The van der Waals surface area contributed by atoms with E-state index in [2.05, 4.69) is 48.3 Å². The van der Waals surface area contributed by atoms with Gasteiger partial charge in [-0.05, 0) is 75.2 Å². The summed E-state index contributed by atoms with van der Waals surface area (Å²) in [6.07, 6.45) is 16.8. The summed E-state index contributed by atoms with van der Waals surface area (Å²) < 4.78 is 30.7. The second kappa shape index (κ2) is 17.9. The number of halogens is 2. The number of nitrogens with zero attached hydrogens (tertiary/aromatic N) is 5. The van der Waals surface area contributed by atoms with Gasteiger partial charge in [0.15, 0.2) is 0 Å². The van der Waals surface area contributed by atoms with Crippen LogP contribution < -0.4 is 4.74 Å². The van der Waals surface area contributed by atoms with Crippen molar-refractivity contribution >= 4 is 34.1 Å². The van der Waals surface area contributed by atoms with E-state index in [1.165, 1.54) is 104 Å². The van der Waals surface area contributed by atoms with E-state index < -0.39 is 5.82 Å². The molecule has 1 aromatic carbocycles. The number of methoxy groups -OCH3 is 1. The number of rotatable bonds is 12. The number of hydrogen-bond acceptors (Lipinski definition) is 6. The SMILES string of the molecule is C=Nc1c(F)c(-c2c([CH]=[Nb])[c-]cc(Cl)c2C)nc(OC)c1C(=NCCCC12CCCC1N(C1CCC(C)(CCC)CC1)CCC2)N1CCOCC(C)C1. The maximum absolute atomic E-state index is 16.9. The monoisotopic (exact) mass is 825 g/mol. The quantitative estimate of drug-likeness (QED) is 0.0702. The Balaban J connectivity index is 1.30. The fourth-order valence-corrected chi connectivity index (χ4v) is 11.1. The van der Waals surface area contributed by atoms with E-state index in [1.54, 1.807) is 13.2 Å². The first-order valence-corrected chi connectivity index (χ1v) is 21.8. The maximum atomic E-state index is 16.9. The third-order valence-electron chi connectivity index (χ3n) is 13.0. The molecule has 3 heterocycles. The molecule has 53 heavy (non-hydrogen) atoms. The van der Waals surface area contributed by atoms with Crippen LogP contribution in [-0.4, -0.2) is 90.1 Å². The molecule has 3 unspecified atom stereocenters. The Morgan fingerprint density at radius 2 is 1.98 bits per heavy atom. The van der Waals surface area contributed by atoms with Crippen molar-refractivity contribution < 1.29 is 34.5 Å². The molecule has 1 aromatic heterocycles. The molecular formula is C43H60ClFN5NbO2-. The molecule has 10 heteroatoms. The molecular weight excluding hydrogens is 766 g/mol. The van der Waals surface area contributed by atoms with Crippen LogP contribution in [0.15, 0.2) is 16.1 Å². The number of benzene rings is 1. The molecule has 289 valence electrons. The van der Waals surface area contributed by atoms with Crippen LogP contribution in [0.4, 0.5) is 10.1 Å². The van der Waals surface area contributed by atoms with Gasteiger partial charge >= 0.3 is 218 Å². The fourth-order valence-electron chi connectivity index (χ4n) is 10.4. The molecule has 2 aliphatic heterocycles. The van der Waals surface area contributed by atoms with Crippen LogP contribution >= 0.6 is 11.6 Å². The second-order valence-electron chi connectivity index (χ2n) is 16.7. The summed E-state index contributed by atoms with van der Waals surface area (Å²) >= 11 is 8.02. The first-order chi connectivity index (χ1) is 25.6. The first kappa shape index (κ1) is 40.7. The molecule has 6 rings (SSSR count). The van der Waals surface area contributed by atoms with Gasteiger partial charge in [-0.25, -0.2) is 0 Å². The Bertz CT molecular complexity index is 1660. The van der Waals surface area contributed by atoms with E-state index in [4.69, 9.17) is 31.1 Å². The van der Waals surface area contributed by atoms with Crippen molar-refractivity contribution in [3.63, 3.8) is 0 Å². The van der Waals surface area contributed by atoms with Crippen molar-refractivity contribution in [1.29, 1.82) is 0 Å². The molecule has 2 saturated carbocycles. The van der Waals surface area contributed by atoms with Crippen LogP contribution in [0, 0.1) is 35.6 Å². The summed E-state index contributed by atoms with van der Waals surface area (Å²) in [5.74, 6) is 0.627. The zero-order valence-electron chi connectivity index (χ0n) is 32.8. The van der Waals surface area contributed by atoms with E-state index >= 15 is 4.39 Å². The zero-order valence-corrected chi connectivity index (χ0v) is 35.7. The summed E-state index contributed by atoms with van der Waals surface area (Å²) in [7, 11) is 1.57. The Morgan fingerprint density at radius 1 is 1.21 bits per heavy atom. The number of hydrogen-bond donors (Lipinski definition) is 0. The van der Waals surface area contributed by atoms with Gasteiger partial charge in [-0.2, -0.15) is 0 Å². The summed E-state index contributed by atoms with van der Waals surface area (Å²) in [5.41, 5.74) is 3.59. The number of fused-ring (bicyclic) bond motifs is 1. The Labute approximate surface area is 335 Å². The summed E-state index contributed by atoms with van der Waals surface area (Å²) in [4.78, 5) is 19.6. The average molecular weight is 826 g/mol. The molecule has 0 spiro atoms. The molecule has 0 bridgehead atoms. The minimum atomic E-state index is -0.566. The molecule has 0 N–H and O–H groups in total. The average Bonchev–Trinajstić information content (AvgIpc) is 3.47. The van der Waals surface area contributed by atoms with Gasteiger partial charge in [-0.1, -0.05) is 26.7 Å². The number of likely N-dealkylation sites (tertiary alicyclic amines) is 1. The van der Waals surface area contributed by atoms with Gasteiger partial charge in [0.25, 0.3) is 0 Å². The molecule has 3 atom stereocenters. The number of piperidine rings is 1. The normalized spacial score (nSPS) is 28.4. The van der Waals surface area contributed by atoms with E-state index in [0.717, 1.165) is 30.1 Å². The molecule has 0 radical (unpaired) electrons. The molecule has 4 aliphatic rings. The van der Waals surface area contributed by atoms with Crippen LogP contribution in [0.25, 0.3) is 11.3 Å². The zero-order chi connectivity index (χ0) is 37.8. The predicted molar refractivity (Wildman–Crippen MR) is 213 cm³/mol. The molecule has 2 saturated heterocycles. The predicted octanol–water partition coefficient (Wildman–Crippen LogP) is 9.57. The number of aromatic nitrogens is 1. The van der Waals surface area contributed by atoms with Gasteiger partial charge in [0, 0.05) is 12.1 Å². The van der Waals surface area contributed by atoms with Crippen LogP contribution in [0.1, 0.15) is 121 Å². The topological polar surface area (TPSA) is 62.6 Å². The number of ether oxygens (including phenoxy) is 2. The number of amidine groups is 1. The van der Waals surface area contributed by atoms with Crippen molar-refractivity contribution in [2.75, 3.05) is 46.5 Å². The molecule has 0 amide bonds. The van der Waals surface area contributed by atoms with Gasteiger partial charge < -0.3 is 0 Å². The molecule has 4 fully saturated rings. The summed E-state index contributed by atoms with van der Waals surface area (Å²) in [6, 6.07) is 6.32. The van der Waals surface area contributed by atoms with Gasteiger partial charge in [-0.3, -0.25) is 4.90 Å². The Hall–Kier alpha value is -1.94. The first-order valence-electron chi connectivity index (χ1n) is 20.1. The van der Waals surface area contributed by atoms with Crippen LogP contribution in [0.3, 0.4) is 0 Å². The molecule has 2 aliphatic carbocycles. The van der Waals surface area contributed by atoms with Crippen molar-refractivity contribution in [3.8, 4) is 17.1 Å². The van der Waals surface area contributed by atoms with E-state index in [0.29, 0.717) is 65.2 Å². The van der Waals surface area contributed by atoms with E-state index in [1.807, 2.05) is 11.1 Å². The van der Waals surface area contributed by atoms with Crippen LogP contribution in [0.2, 0.25) is 5.02 Å². The van der Waals surface area contributed by atoms with Gasteiger partial charge in [0.2, 0.25) is 0 Å². The van der Waals surface area contributed by atoms with Gasteiger partial charge in [-0.15, -0.1) is 0 Å². The standard InChI is InChI=1S/C43H60ClFN5O2.Nb/c1-8-17-42(5)21-15-32(16-22-42)50-24-11-20-43(18-9-12-34(43)50)19-10-23-47-40(49-25-26-52-28-29(2)27-49)36-38(46-6)37(45)39(48-41(36)51-7)35-30(3)13-14-33(44)31(35)4;/h3,14,29,32,34H,6,8-12,15-28H2,1-2,4-5,7H3;/q-1;. The van der Waals surface area contributed by atoms with Crippen molar-refractivity contribution in [3.05, 3.63) is 39.7 Å². The third-order valence-corrected chi connectivity index (χ3v) is 14.1. The van der Waals surface area contributed by atoms with Crippen molar-refractivity contribution in [2.24, 2.45) is 26.7 Å². The molecule has 2 aromatic rings. The Kier molecular flexibility index (Phi) is 13.7. The van der Waals surface area contributed by atoms with Crippen LogP contribution in [0.5, 0.6) is 5.88 Å². The number of aliphatic imine (C=N–C) groups is 2. The van der Waals surface area contributed by atoms with Crippen molar-refractivity contribution in [1.82, 2.24) is 14.8 Å². The number of pyridine rings is 1. The van der Waals surface area contributed by atoms with Crippen molar-refractivity contribution in [2.45, 2.75) is 123 Å². The van der Waals surface area contributed by atoms with Gasteiger partial charge in [0.1, 0.15) is 0 Å². The summed E-state index contributed by atoms with van der Waals surface area (Å²) in [5, 5.41) is 0.494. The second-order valence-corrected chi connectivity index (χ2v) is 17.7. The van der Waals surface area contributed by atoms with Gasteiger partial charge in [0.05, 0.1) is 0 Å². The van der Waals surface area contributed by atoms with Crippen LogP contribution in [-0.2, 0) is 25.3 Å². The third kappa shape index (κ3) is 8.58. The van der Waals surface area contributed by atoms with E-state index in [-0.39, 0.29) is 23.2 Å². The minimum absolute atomic E-state index is 0.0918.